The van der Waals surface area contributed by atoms with E-state index in [1.54, 1.807) is 11.8 Å². The van der Waals surface area contributed by atoms with Crippen LogP contribution in [0.25, 0.3) is 0 Å². The Morgan fingerprint density at radius 2 is 1.83 bits per heavy atom. The Hall–Kier alpha value is -0.460. The van der Waals surface area contributed by atoms with Gasteiger partial charge in [-0.3, -0.25) is 4.90 Å². The van der Waals surface area contributed by atoms with Crippen molar-refractivity contribution in [1.82, 2.24) is 9.27 Å². The predicted octanol–water partition coefficient (Wildman–Crippen LogP) is 2.37. The highest BCUT2D eigenvalue weighted by molar-refractivity contribution is 7.99. The molecule has 18 heavy (non-hydrogen) atoms. The van der Waals surface area contributed by atoms with Crippen LogP contribution >= 0.6 is 23.3 Å². The number of thioether (sulfide) groups is 1. The SMILES string of the molecule is CSc1c(N)nsc1N1CCN(C(C)(C)C)CC1. The van der Waals surface area contributed by atoms with E-state index in [2.05, 4.69) is 41.2 Å². The Morgan fingerprint density at radius 3 is 2.33 bits per heavy atom. The Labute approximate surface area is 118 Å². The van der Waals surface area contributed by atoms with Crippen molar-refractivity contribution in [2.75, 3.05) is 43.1 Å². The number of hydrogen-bond donors (Lipinski definition) is 1. The molecule has 0 unspecified atom stereocenters. The average molecular weight is 286 g/mol. The second-order valence-electron chi connectivity index (χ2n) is 5.55. The summed E-state index contributed by atoms with van der Waals surface area (Å²) in [6.07, 6.45) is 2.06. The second-order valence-corrected chi connectivity index (χ2v) is 7.12. The standard InChI is InChI=1S/C12H22N4S2/c1-12(2,3)16-7-5-15(6-8-16)11-9(17-4)10(13)14-18-11/h5-8H2,1-4H3,(H2,13,14). The minimum absolute atomic E-state index is 0.265. The molecular weight excluding hydrogens is 264 g/mol. The van der Waals surface area contributed by atoms with E-state index in [1.165, 1.54) is 16.5 Å². The lowest BCUT2D eigenvalue weighted by Crippen LogP contribution is -2.53. The first-order valence-electron chi connectivity index (χ1n) is 6.22. The highest BCUT2D eigenvalue weighted by atomic mass is 32.2. The molecule has 1 aromatic heterocycles. The number of rotatable bonds is 2. The zero-order chi connectivity index (χ0) is 13.3. The Balaban J connectivity index is 2.06. The van der Waals surface area contributed by atoms with Gasteiger partial charge in [0.1, 0.15) is 5.00 Å². The molecule has 0 aromatic carbocycles. The van der Waals surface area contributed by atoms with Gasteiger partial charge in [0.2, 0.25) is 0 Å². The summed E-state index contributed by atoms with van der Waals surface area (Å²) in [6, 6.07) is 0. The highest BCUT2D eigenvalue weighted by Gasteiger charge is 2.27. The molecule has 1 aliphatic heterocycles. The molecular formula is C12H22N4S2. The molecule has 1 fully saturated rings. The van der Waals surface area contributed by atoms with Crippen LogP contribution in [0.5, 0.6) is 0 Å². The van der Waals surface area contributed by atoms with Crippen LogP contribution in [0, 0.1) is 0 Å². The van der Waals surface area contributed by atoms with E-state index in [1.807, 2.05) is 0 Å². The fourth-order valence-corrected chi connectivity index (χ4v) is 4.00. The Kier molecular flexibility index (Phi) is 4.08. The van der Waals surface area contributed by atoms with E-state index in [0.29, 0.717) is 5.82 Å². The van der Waals surface area contributed by atoms with Gasteiger partial charge in [-0.05, 0) is 38.6 Å². The number of hydrogen-bond acceptors (Lipinski definition) is 6. The van der Waals surface area contributed by atoms with Crippen molar-refractivity contribution in [3.63, 3.8) is 0 Å². The molecule has 0 atom stereocenters. The fraction of sp³-hybridized carbons (Fsp3) is 0.750. The summed E-state index contributed by atoms with van der Waals surface area (Å²) in [5.41, 5.74) is 6.16. The number of nitrogen functional groups attached to an aromatic ring is 1. The number of nitrogens with zero attached hydrogens (tertiary/aromatic N) is 3. The zero-order valence-corrected chi connectivity index (χ0v) is 13.2. The van der Waals surface area contributed by atoms with Gasteiger partial charge >= 0.3 is 0 Å². The fourth-order valence-electron chi connectivity index (χ4n) is 2.26. The second kappa shape index (κ2) is 5.27. The predicted molar refractivity (Wildman–Crippen MR) is 81.8 cm³/mol. The van der Waals surface area contributed by atoms with Crippen molar-refractivity contribution in [2.45, 2.75) is 31.2 Å². The molecule has 0 bridgehead atoms. The Morgan fingerprint density at radius 1 is 1.22 bits per heavy atom. The monoisotopic (exact) mass is 286 g/mol. The summed E-state index contributed by atoms with van der Waals surface area (Å²) in [4.78, 5) is 6.10. The first-order chi connectivity index (χ1) is 8.43. The summed E-state index contributed by atoms with van der Waals surface area (Å²) >= 11 is 3.22. The first kappa shape index (κ1) is 14.0. The number of anilines is 2. The number of piperazine rings is 1. The summed E-state index contributed by atoms with van der Waals surface area (Å²) < 4.78 is 4.27. The highest BCUT2D eigenvalue weighted by Crippen LogP contribution is 2.38. The molecule has 102 valence electrons. The molecule has 2 rings (SSSR count). The van der Waals surface area contributed by atoms with E-state index in [0.717, 1.165) is 31.1 Å². The van der Waals surface area contributed by atoms with Crippen LogP contribution in [0.4, 0.5) is 10.8 Å². The molecule has 0 amide bonds. The van der Waals surface area contributed by atoms with Crippen molar-refractivity contribution < 1.29 is 0 Å². The molecule has 0 spiro atoms. The topological polar surface area (TPSA) is 45.4 Å². The molecule has 0 radical (unpaired) electrons. The number of aromatic nitrogens is 1. The summed E-state index contributed by atoms with van der Waals surface area (Å²) in [7, 11) is 0. The minimum Gasteiger partial charge on any atom is -0.382 e. The van der Waals surface area contributed by atoms with E-state index in [9.17, 15) is 0 Å². The minimum atomic E-state index is 0.265. The van der Waals surface area contributed by atoms with Crippen LogP contribution in [0.15, 0.2) is 4.90 Å². The van der Waals surface area contributed by atoms with Crippen LogP contribution < -0.4 is 10.6 Å². The third kappa shape index (κ3) is 2.75. The van der Waals surface area contributed by atoms with Gasteiger partial charge in [0.15, 0.2) is 5.82 Å². The maximum Gasteiger partial charge on any atom is 0.153 e. The van der Waals surface area contributed by atoms with Crippen LogP contribution in [0.3, 0.4) is 0 Å². The van der Waals surface area contributed by atoms with Crippen LogP contribution in [0.2, 0.25) is 0 Å². The zero-order valence-electron chi connectivity index (χ0n) is 11.6. The van der Waals surface area contributed by atoms with Gasteiger partial charge in [0.25, 0.3) is 0 Å². The van der Waals surface area contributed by atoms with Crippen LogP contribution in [-0.2, 0) is 0 Å². The molecule has 4 nitrogen and oxygen atoms in total. The summed E-state index contributed by atoms with van der Waals surface area (Å²) in [6.45, 7) is 11.2. The van der Waals surface area contributed by atoms with Crippen molar-refractivity contribution in [3.05, 3.63) is 0 Å². The molecule has 2 heterocycles. The van der Waals surface area contributed by atoms with Gasteiger partial charge in [0, 0.05) is 31.7 Å². The lowest BCUT2D eigenvalue weighted by Gasteiger charge is -2.42. The molecule has 6 heteroatoms. The molecule has 1 aromatic rings. The van der Waals surface area contributed by atoms with E-state index >= 15 is 0 Å². The van der Waals surface area contributed by atoms with Crippen LogP contribution in [0.1, 0.15) is 20.8 Å². The molecule has 0 saturated carbocycles. The number of nitrogens with two attached hydrogens (primary N) is 1. The van der Waals surface area contributed by atoms with Gasteiger partial charge in [-0.15, -0.1) is 11.8 Å². The summed E-state index contributed by atoms with van der Waals surface area (Å²) in [5.74, 6) is 0.681. The van der Waals surface area contributed by atoms with Crippen molar-refractivity contribution >= 4 is 34.1 Å². The first-order valence-corrected chi connectivity index (χ1v) is 8.22. The van der Waals surface area contributed by atoms with Gasteiger partial charge < -0.3 is 10.6 Å². The Bertz CT molecular complexity index is 403. The third-order valence-corrected chi connectivity index (χ3v) is 5.24. The lowest BCUT2D eigenvalue weighted by atomic mass is 10.1. The smallest absolute Gasteiger partial charge is 0.153 e. The van der Waals surface area contributed by atoms with Crippen LogP contribution in [-0.4, -0.2) is 47.2 Å². The van der Waals surface area contributed by atoms with Gasteiger partial charge in [-0.1, -0.05) is 0 Å². The quantitative estimate of drug-likeness (QED) is 0.846. The lowest BCUT2D eigenvalue weighted by molar-refractivity contribution is 0.128. The molecule has 2 N–H and O–H groups in total. The van der Waals surface area contributed by atoms with Crippen molar-refractivity contribution in [3.8, 4) is 0 Å². The average Bonchev–Trinajstić information content (AvgIpc) is 2.69. The normalized spacial score (nSPS) is 18.3. The molecule has 0 aliphatic carbocycles. The maximum atomic E-state index is 5.90. The molecule has 1 saturated heterocycles. The van der Waals surface area contributed by atoms with Crippen molar-refractivity contribution in [1.29, 1.82) is 0 Å². The largest absolute Gasteiger partial charge is 0.382 e. The van der Waals surface area contributed by atoms with Gasteiger partial charge in [0.05, 0.1) is 4.90 Å². The maximum absolute atomic E-state index is 5.90. The van der Waals surface area contributed by atoms with Gasteiger partial charge in [-0.25, -0.2) is 0 Å². The van der Waals surface area contributed by atoms with E-state index in [-0.39, 0.29) is 5.54 Å². The van der Waals surface area contributed by atoms with Gasteiger partial charge in [-0.2, -0.15) is 4.37 Å². The van der Waals surface area contributed by atoms with Crippen molar-refractivity contribution in [2.24, 2.45) is 0 Å². The third-order valence-electron chi connectivity index (χ3n) is 3.38. The summed E-state index contributed by atoms with van der Waals surface area (Å²) in [5, 5.41) is 1.24. The molecule has 1 aliphatic rings. The van der Waals surface area contributed by atoms with E-state index < -0.39 is 0 Å². The van der Waals surface area contributed by atoms with E-state index in [4.69, 9.17) is 5.73 Å².